The first-order valence-electron chi connectivity index (χ1n) is 3.03. The second kappa shape index (κ2) is 1.59. The molecule has 0 aliphatic heterocycles. The minimum Gasteiger partial charge on any atom is -0.386 e. The molecule has 1 nitrogen and oxygen atoms in total. The van der Waals surface area contributed by atoms with Crippen LogP contribution in [0.15, 0.2) is 12.2 Å². The summed E-state index contributed by atoms with van der Waals surface area (Å²) in [6.07, 6.45) is 3.00. The van der Waals surface area contributed by atoms with Gasteiger partial charge in [0.1, 0.15) is 0 Å². The Morgan fingerprint density at radius 1 is 1.75 bits per heavy atom. The van der Waals surface area contributed by atoms with Crippen molar-refractivity contribution >= 4 is 0 Å². The predicted molar refractivity (Wildman–Crippen MR) is 33.6 cm³/mol. The van der Waals surface area contributed by atoms with E-state index in [1.165, 1.54) is 0 Å². The Kier molecular flexibility index (Phi) is 1.16. The second-order valence-corrected chi connectivity index (χ2v) is 2.73. The molecule has 1 saturated carbocycles. The van der Waals surface area contributed by atoms with E-state index in [1.54, 1.807) is 0 Å². The Morgan fingerprint density at radius 2 is 2.38 bits per heavy atom. The number of hydrogen-bond donors (Lipinski definition) is 1. The fraction of sp³-hybridized carbons (Fsp3) is 0.714. The first-order valence-corrected chi connectivity index (χ1v) is 3.03. The van der Waals surface area contributed by atoms with Crippen LogP contribution in [0, 0.1) is 0 Å². The molecule has 0 aromatic rings. The molecule has 0 saturated heterocycles. The largest absolute Gasteiger partial charge is 0.386 e. The van der Waals surface area contributed by atoms with Gasteiger partial charge in [-0.25, -0.2) is 0 Å². The maximum absolute atomic E-state index is 9.36. The zero-order chi connectivity index (χ0) is 6.20. The summed E-state index contributed by atoms with van der Waals surface area (Å²) in [5, 5.41) is 9.36. The second-order valence-electron chi connectivity index (χ2n) is 2.73. The van der Waals surface area contributed by atoms with Crippen LogP contribution < -0.4 is 0 Å². The van der Waals surface area contributed by atoms with Crippen LogP contribution in [0.4, 0.5) is 0 Å². The SMILES string of the molecule is C=C1CCCC1(C)O. The van der Waals surface area contributed by atoms with E-state index in [0.29, 0.717) is 0 Å². The van der Waals surface area contributed by atoms with Crippen molar-refractivity contribution in [1.29, 1.82) is 0 Å². The molecule has 1 rings (SSSR count). The summed E-state index contributed by atoms with van der Waals surface area (Å²) < 4.78 is 0. The van der Waals surface area contributed by atoms with Crippen LogP contribution in [0.1, 0.15) is 26.2 Å². The minimum absolute atomic E-state index is 0.542. The van der Waals surface area contributed by atoms with Gasteiger partial charge in [0.15, 0.2) is 0 Å². The van der Waals surface area contributed by atoms with Crippen LogP contribution in [0.2, 0.25) is 0 Å². The van der Waals surface area contributed by atoms with Crippen molar-refractivity contribution in [3.63, 3.8) is 0 Å². The molecule has 1 aliphatic rings. The quantitative estimate of drug-likeness (QED) is 0.470. The van der Waals surface area contributed by atoms with Crippen LogP contribution in [-0.2, 0) is 0 Å². The third-order valence-corrected chi connectivity index (χ3v) is 1.90. The van der Waals surface area contributed by atoms with Crippen LogP contribution in [0.25, 0.3) is 0 Å². The van der Waals surface area contributed by atoms with Crippen molar-refractivity contribution in [2.75, 3.05) is 0 Å². The lowest BCUT2D eigenvalue weighted by Crippen LogP contribution is -2.19. The first kappa shape index (κ1) is 5.83. The van der Waals surface area contributed by atoms with Gasteiger partial charge >= 0.3 is 0 Å². The summed E-state index contributed by atoms with van der Waals surface area (Å²) in [5.41, 5.74) is 0.456. The Balaban J connectivity index is 2.68. The molecule has 1 fully saturated rings. The molecule has 0 aromatic carbocycles. The highest BCUT2D eigenvalue weighted by Crippen LogP contribution is 2.32. The lowest BCUT2D eigenvalue weighted by atomic mass is 10.0. The fourth-order valence-corrected chi connectivity index (χ4v) is 1.09. The Labute approximate surface area is 50.0 Å². The molecule has 0 bridgehead atoms. The molecule has 0 aromatic heterocycles. The monoisotopic (exact) mass is 112 g/mol. The number of rotatable bonds is 0. The molecule has 0 radical (unpaired) electrons. The maximum Gasteiger partial charge on any atom is 0.0826 e. The van der Waals surface area contributed by atoms with Crippen molar-refractivity contribution in [3.8, 4) is 0 Å². The van der Waals surface area contributed by atoms with Crippen molar-refractivity contribution < 1.29 is 5.11 Å². The van der Waals surface area contributed by atoms with Gasteiger partial charge in [0.05, 0.1) is 5.60 Å². The van der Waals surface area contributed by atoms with Gasteiger partial charge in [-0.3, -0.25) is 0 Å². The standard InChI is InChI=1S/C7H12O/c1-6-4-3-5-7(6,2)8/h8H,1,3-5H2,2H3. The summed E-state index contributed by atoms with van der Waals surface area (Å²) in [7, 11) is 0. The van der Waals surface area contributed by atoms with Crippen LogP contribution in [0.5, 0.6) is 0 Å². The molecule has 46 valence electrons. The van der Waals surface area contributed by atoms with E-state index in [-0.39, 0.29) is 0 Å². The Morgan fingerprint density at radius 3 is 2.50 bits per heavy atom. The van der Waals surface area contributed by atoms with Crippen molar-refractivity contribution in [2.24, 2.45) is 0 Å². The highest BCUT2D eigenvalue weighted by atomic mass is 16.3. The van der Waals surface area contributed by atoms with E-state index in [1.807, 2.05) is 6.92 Å². The number of hydrogen-bond acceptors (Lipinski definition) is 1. The molecule has 1 N–H and O–H groups in total. The summed E-state index contributed by atoms with van der Waals surface area (Å²) in [5.74, 6) is 0. The van der Waals surface area contributed by atoms with E-state index in [0.717, 1.165) is 24.8 Å². The van der Waals surface area contributed by atoms with Gasteiger partial charge < -0.3 is 5.11 Å². The van der Waals surface area contributed by atoms with Gasteiger partial charge in [0, 0.05) is 0 Å². The topological polar surface area (TPSA) is 20.2 Å². The van der Waals surface area contributed by atoms with E-state index >= 15 is 0 Å². The normalized spacial score (nSPS) is 38.5. The first-order chi connectivity index (χ1) is 3.63. The lowest BCUT2D eigenvalue weighted by molar-refractivity contribution is 0.106. The van der Waals surface area contributed by atoms with Crippen molar-refractivity contribution in [2.45, 2.75) is 31.8 Å². The van der Waals surface area contributed by atoms with Crippen molar-refractivity contribution in [3.05, 3.63) is 12.2 Å². The van der Waals surface area contributed by atoms with Crippen LogP contribution in [-0.4, -0.2) is 10.7 Å². The molecule has 0 spiro atoms. The summed E-state index contributed by atoms with van der Waals surface area (Å²) in [6.45, 7) is 5.59. The van der Waals surface area contributed by atoms with E-state index < -0.39 is 5.60 Å². The summed E-state index contributed by atoms with van der Waals surface area (Å²) in [6, 6.07) is 0. The van der Waals surface area contributed by atoms with Gasteiger partial charge in [-0.2, -0.15) is 0 Å². The van der Waals surface area contributed by atoms with Crippen molar-refractivity contribution in [1.82, 2.24) is 0 Å². The molecular formula is C7H12O. The zero-order valence-corrected chi connectivity index (χ0v) is 5.28. The smallest absolute Gasteiger partial charge is 0.0826 e. The molecule has 8 heavy (non-hydrogen) atoms. The zero-order valence-electron chi connectivity index (χ0n) is 5.28. The fourth-order valence-electron chi connectivity index (χ4n) is 1.09. The third-order valence-electron chi connectivity index (χ3n) is 1.90. The summed E-state index contributed by atoms with van der Waals surface area (Å²) >= 11 is 0. The van der Waals surface area contributed by atoms with Gasteiger partial charge in [-0.05, 0) is 31.8 Å². The highest BCUT2D eigenvalue weighted by molar-refractivity contribution is 5.14. The third kappa shape index (κ3) is 0.781. The van der Waals surface area contributed by atoms with Gasteiger partial charge in [-0.15, -0.1) is 0 Å². The minimum atomic E-state index is -0.542. The highest BCUT2D eigenvalue weighted by Gasteiger charge is 2.28. The van der Waals surface area contributed by atoms with Crippen LogP contribution >= 0.6 is 0 Å². The van der Waals surface area contributed by atoms with Gasteiger partial charge in [0.2, 0.25) is 0 Å². The van der Waals surface area contributed by atoms with Gasteiger partial charge in [-0.1, -0.05) is 6.58 Å². The average molecular weight is 112 g/mol. The van der Waals surface area contributed by atoms with E-state index in [9.17, 15) is 5.11 Å². The molecular weight excluding hydrogens is 100 g/mol. The molecule has 0 heterocycles. The molecule has 1 aliphatic carbocycles. The van der Waals surface area contributed by atoms with E-state index in [2.05, 4.69) is 6.58 Å². The lowest BCUT2D eigenvalue weighted by Gasteiger charge is -2.15. The molecule has 1 atom stereocenters. The van der Waals surface area contributed by atoms with Gasteiger partial charge in [0.25, 0.3) is 0 Å². The Bertz CT molecular complexity index is 114. The van der Waals surface area contributed by atoms with E-state index in [4.69, 9.17) is 0 Å². The molecule has 1 unspecified atom stereocenters. The Hall–Kier alpha value is -0.300. The average Bonchev–Trinajstić information content (AvgIpc) is 1.86. The maximum atomic E-state index is 9.36. The van der Waals surface area contributed by atoms with Crippen LogP contribution in [0.3, 0.4) is 0 Å². The summed E-state index contributed by atoms with van der Waals surface area (Å²) in [4.78, 5) is 0. The predicted octanol–water partition coefficient (Wildman–Crippen LogP) is 1.48. The molecule has 1 heteroatoms. The molecule has 0 amide bonds. The number of aliphatic hydroxyl groups is 1.